The lowest BCUT2D eigenvalue weighted by Crippen LogP contribution is -2.09. The van der Waals surface area contributed by atoms with Gasteiger partial charge in [0.25, 0.3) is 0 Å². The lowest BCUT2D eigenvalue weighted by Gasteiger charge is -2.05. The fourth-order valence-electron chi connectivity index (χ4n) is 2.14. The van der Waals surface area contributed by atoms with E-state index < -0.39 is 12.6 Å². The highest BCUT2D eigenvalue weighted by Crippen LogP contribution is 2.24. The summed E-state index contributed by atoms with van der Waals surface area (Å²) in [6.45, 7) is -0.398. The minimum absolute atomic E-state index is 0.390. The second-order valence-corrected chi connectivity index (χ2v) is 4.69. The van der Waals surface area contributed by atoms with Gasteiger partial charge in [0, 0.05) is 5.56 Å². The standard InChI is InChI=1S/C17H12O5/c18-16(19)10-21-13-7-5-11(6-8-13)15-9-12-3-1-2-4-14(12)17(20)22-15/h1-9H,10H2,(H,18,19). The van der Waals surface area contributed by atoms with Gasteiger partial charge in [-0.25, -0.2) is 9.59 Å². The zero-order valence-corrected chi connectivity index (χ0v) is 11.5. The number of carboxylic acid groups (broad SMARTS) is 1. The van der Waals surface area contributed by atoms with Crippen LogP contribution in [0.15, 0.2) is 63.8 Å². The summed E-state index contributed by atoms with van der Waals surface area (Å²) in [7, 11) is 0. The van der Waals surface area contributed by atoms with Crippen molar-refractivity contribution in [3.8, 4) is 17.1 Å². The van der Waals surface area contributed by atoms with Crippen molar-refractivity contribution < 1.29 is 19.1 Å². The molecule has 0 saturated carbocycles. The summed E-state index contributed by atoms with van der Waals surface area (Å²) in [5.41, 5.74) is 0.324. The molecule has 3 aromatic rings. The highest BCUT2D eigenvalue weighted by molar-refractivity contribution is 5.84. The fraction of sp³-hybridized carbons (Fsp3) is 0.0588. The molecule has 0 atom stereocenters. The predicted octanol–water partition coefficient (Wildman–Crippen LogP) is 2.92. The van der Waals surface area contributed by atoms with Crippen LogP contribution in [0.5, 0.6) is 5.75 Å². The Morgan fingerprint density at radius 1 is 1.09 bits per heavy atom. The highest BCUT2D eigenvalue weighted by atomic mass is 16.5. The zero-order chi connectivity index (χ0) is 15.5. The molecular weight excluding hydrogens is 284 g/mol. The Labute approximate surface area is 125 Å². The van der Waals surface area contributed by atoms with Crippen molar-refractivity contribution in [1.29, 1.82) is 0 Å². The van der Waals surface area contributed by atoms with Crippen molar-refractivity contribution in [2.45, 2.75) is 0 Å². The Morgan fingerprint density at radius 2 is 1.82 bits per heavy atom. The summed E-state index contributed by atoms with van der Waals surface area (Å²) < 4.78 is 10.4. The monoisotopic (exact) mass is 296 g/mol. The second-order valence-electron chi connectivity index (χ2n) is 4.69. The van der Waals surface area contributed by atoms with Crippen molar-refractivity contribution >= 4 is 16.7 Å². The summed E-state index contributed by atoms with van der Waals surface area (Å²) in [5.74, 6) is -0.146. The van der Waals surface area contributed by atoms with Crippen molar-refractivity contribution in [3.05, 3.63) is 65.0 Å². The highest BCUT2D eigenvalue weighted by Gasteiger charge is 2.07. The molecule has 0 aliphatic carbocycles. The first-order valence-corrected chi connectivity index (χ1v) is 6.61. The Hall–Kier alpha value is -3.08. The van der Waals surface area contributed by atoms with E-state index in [2.05, 4.69) is 0 Å². The fourth-order valence-corrected chi connectivity index (χ4v) is 2.14. The Kier molecular flexibility index (Phi) is 3.62. The van der Waals surface area contributed by atoms with Crippen LogP contribution in [0.2, 0.25) is 0 Å². The van der Waals surface area contributed by atoms with Crippen LogP contribution in [0.25, 0.3) is 22.1 Å². The van der Waals surface area contributed by atoms with Crippen LogP contribution < -0.4 is 10.4 Å². The third-order valence-corrected chi connectivity index (χ3v) is 3.17. The van der Waals surface area contributed by atoms with E-state index in [4.69, 9.17) is 14.3 Å². The smallest absolute Gasteiger partial charge is 0.344 e. The van der Waals surface area contributed by atoms with Gasteiger partial charge in [0.1, 0.15) is 11.5 Å². The van der Waals surface area contributed by atoms with E-state index in [0.717, 1.165) is 5.39 Å². The quantitative estimate of drug-likeness (QED) is 0.801. The molecule has 2 aromatic carbocycles. The molecule has 5 heteroatoms. The zero-order valence-electron chi connectivity index (χ0n) is 11.5. The third kappa shape index (κ3) is 2.83. The summed E-state index contributed by atoms with van der Waals surface area (Å²) in [6.07, 6.45) is 0. The van der Waals surface area contributed by atoms with E-state index in [1.165, 1.54) is 0 Å². The molecule has 0 spiro atoms. The molecule has 0 saturated heterocycles. The van der Waals surface area contributed by atoms with Gasteiger partial charge in [0.05, 0.1) is 5.39 Å². The molecule has 1 N–H and O–H groups in total. The summed E-state index contributed by atoms with van der Waals surface area (Å²) in [6, 6.07) is 15.7. The van der Waals surface area contributed by atoms with Crippen LogP contribution in [0.1, 0.15) is 0 Å². The number of hydrogen-bond donors (Lipinski definition) is 1. The molecule has 0 aliphatic rings. The van der Waals surface area contributed by atoms with Gasteiger partial charge in [-0.1, -0.05) is 18.2 Å². The number of hydrogen-bond acceptors (Lipinski definition) is 4. The molecule has 22 heavy (non-hydrogen) atoms. The molecule has 0 radical (unpaired) electrons. The SMILES string of the molecule is O=C(O)COc1ccc(-c2cc3ccccc3c(=O)o2)cc1. The molecule has 0 amide bonds. The maximum atomic E-state index is 12.0. The molecular formula is C17H12O5. The van der Waals surface area contributed by atoms with E-state index in [1.807, 2.05) is 12.1 Å². The normalized spacial score (nSPS) is 10.5. The molecule has 1 aromatic heterocycles. The van der Waals surface area contributed by atoms with Crippen molar-refractivity contribution in [1.82, 2.24) is 0 Å². The van der Waals surface area contributed by atoms with Gasteiger partial charge in [-0.3, -0.25) is 0 Å². The van der Waals surface area contributed by atoms with Crippen molar-refractivity contribution in [3.63, 3.8) is 0 Å². The molecule has 0 unspecified atom stereocenters. The van der Waals surface area contributed by atoms with E-state index in [9.17, 15) is 9.59 Å². The molecule has 0 fully saturated rings. The van der Waals surface area contributed by atoms with Gasteiger partial charge in [-0.2, -0.15) is 0 Å². The minimum atomic E-state index is -1.04. The van der Waals surface area contributed by atoms with Crippen LogP contribution in [-0.2, 0) is 4.79 Å². The maximum Gasteiger partial charge on any atom is 0.344 e. The van der Waals surface area contributed by atoms with Gasteiger partial charge < -0.3 is 14.3 Å². The molecule has 110 valence electrons. The number of benzene rings is 2. The average Bonchev–Trinajstić information content (AvgIpc) is 2.53. The lowest BCUT2D eigenvalue weighted by atomic mass is 10.1. The van der Waals surface area contributed by atoms with Crippen LogP contribution in [0.3, 0.4) is 0 Å². The van der Waals surface area contributed by atoms with Crippen LogP contribution in [0.4, 0.5) is 0 Å². The van der Waals surface area contributed by atoms with E-state index in [-0.39, 0.29) is 5.63 Å². The topological polar surface area (TPSA) is 76.7 Å². The third-order valence-electron chi connectivity index (χ3n) is 3.17. The van der Waals surface area contributed by atoms with Crippen LogP contribution in [0, 0.1) is 0 Å². The van der Waals surface area contributed by atoms with Crippen molar-refractivity contribution in [2.24, 2.45) is 0 Å². The average molecular weight is 296 g/mol. The summed E-state index contributed by atoms with van der Waals surface area (Å²) in [4.78, 5) is 22.4. The second kappa shape index (κ2) is 5.73. The van der Waals surface area contributed by atoms with Crippen LogP contribution in [-0.4, -0.2) is 17.7 Å². The number of aliphatic carboxylic acids is 1. The van der Waals surface area contributed by atoms with Gasteiger partial charge in [-0.05, 0) is 41.8 Å². The van der Waals surface area contributed by atoms with E-state index in [1.54, 1.807) is 42.5 Å². The molecule has 1 heterocycles. The van der Waals surface area contributed by atoms with Crippen LogP contribution >= 0.6 is 0 Å². The van der Waals surface area contributed by atoms with E-state index >= 15 is 0 Å². The van der Waals surface area contributed by atoms with Gasteiger partial charge in [-0.15, -0.1) is 0 Å². The maximum absolute atomic E-state index is 12.0. The largest absolute Gasteiger partial charge is 0.482 e. The summed E-state index contributed by atoms with van der Waals surface area (Å²) >= 11 is 0. The minimum Gasteiger partial charge on any atom is -0.482 e. The number of rotatable bonds is 4. The lowest BCUT2D eigenvalue weighted by molar-refractivity contribution is -0.139. The molecule has 0 bridgehead atoms. The summed E-state index contributed by atoms with van der Waals surface area (Å²) in [5, 5.41) is 9.90. The first kappa shape index (κ1) is 13.9. The predicted molar refractivity (Wildman–Crippen MR) is 81.1 cm³/mol. The number of ether oxygens (including phenoxy) is 1. The van der Waals surface area contributed by atoms with Gasteiger partial charge in [0.2, 0.25) is 0 Å². The molecule has 0 aliphatic heterocycles. The Morgan fingerprint density at radius 3 is 2.55 bits per heavy atom. The number of fused-ring (bicyclic) bond motifs is 1. The number of carboxylic acids is 1. The van der Waals surface area contributed by atoms with Crippen molar-refractivity contribution in [2.75, 3.05) is 6.61 Å². The molecule has 5 nitrogen and oxygen atoms in total. The Bertz CT molecular complexity index is 877. The first-order chi connectivity index (χ1) is 10.6. The van der Waals surface area contributed by atoms with Gasteiger partial charge in [0.15, 0.2) is 6.61 Å². The molecule has 3 rings (SSSR count). The Balaban J connectivity index is 1.94. The number of carbonyl (C=O) groups is 1. The van der Waals surface area contributed by atoms with E-state index in [0.29, 0.717) is 22.5 Å². The van der Waals surface area contributed by atoms with Gasteiger partial charge >= 0.3 is 11.6 Å². The first-order valence-electron chi connectivity index (χ1n) is 6.61.